The lowest BCUT2D eigenvalue weighted by Crippen LogP contribution is -1.98. The van der Waals surface area contributed by atoms with Crippen LogP contribution in [0, 0.1) is 11.6 Å². The second-order valence-electron chi connectivity index (χ2n) is 4.21. The molecule has 0 unspecified atom stereocenters. The van der Waals surface area contributed by atoms with Gasteiger partial charge in [0.05, 0.1) is 11.7 Å². The van der Waals surface area contributed by atoms with Gasteiger partial charge in [0.2, 0.25) is 0 Å². The Morgan fingerprint density at radius 2 is 1.70 bits per heavy atom. The van der Waals surface area contributed by atoms with Gasteiger partial charge >= 0.3 is 5.97 Å². The summed E-state index contributed by atoms with van der Waals surface area (Å²) in [5.41, 5.74) is 0.853. The molecule has 0 aliphatic carbocycles. The first-order chi connectivity index (χ1) is 9.56. The maximum atomic E-state index is 13.2. The van der Waals surface area contributed by atoms with Crippen molar-refractivity contribution < 1.29 is 18.7 Å². The summed E-state index contributed by atoms with van der Waals surface area (Å²) in [6.45, 7) is 0. The van der Waals surface area contributed by atoms with Gasteiger partial charge in [0.15, 0.2) is 0 Å². The fourth-order valence-corrected chi connectivity index (χ4v) is 2.04. The molecule has 0 fully saturated rings. The number of nitrogens with zero attached hydrogens (tertiary/aromatic N) is 2. The van der Waals surface area contributed by atoms with E-state index in [-0.39, 0.29) is 16.8 Å². The second-order valence-corrected chi connectivity index (χ2v) is 4.21. The van der Waals surface area contributed by atoms with Gasteiger partial charge in [-0.15, -0.1) is 0 Å². The van der Waals surface area contributed by atoms with E-state index in [1.54, 1.807) is 0 Å². The minimum absolute atomic E-state index is 0.0448. The fourth-order valence-electron chi connectivity index (χ4n) is 2.04. The van der Waals surface area contributed by atoms with Crippen LogP contribution in [0.1, 0.15) is 10.4 Å². The molecular formula is C14H8F2N2O2. The molecule has 0 saturated carbocycles. The van der Waals surface area contributed by atoms with Crippen molar-refractivity contribution in [1.29, 1.82) is 0 Å². The molecule has 0 aliphatic rings. The van der Waals surface area contributed by atoms with Gasteiger partial charge in [-0.25, -0.2) is 18.1 Å². The Morgan fingerprint density at radius 3 is 2.35 bits per heavy atom. The first kappa shape index (κ1) is 12.3. The van der Waals surface area contributed by atoms with Gasteiger partial charge in [0.25, 0.3) is 0 Å². The Balaban J connectivity index is 2.31. The molecule has 100 valence electrons. The summed E-state index contributed by atoms with van der Waals surface area (Å²) in [7, 11) is 0. The Kier molecular flexibility index (Phi) is 2.71. The van der Waals surface area contributed by atoms with Crippen molar-refractivity contribution in [1.82, 2.24) is 9.61 Å². The third kappa shape index (κ3) is 1.91. The lowest BCUT2D eigenvalue weighted by molar-refractivity contribution is 0.0700. The number of hydrogen-bond donors (Lipinski definition) is 1. The smallest absolute Gasteiger partial charge is 0.340 e. The number of fused-ring (bicyclic) bond motifs is 1. The molecule has 1 aromatic carbocycles. The number of hydrogen-bond acceptors (Lipinski definition) is 2. The summed E-state index contributed by atoms with van der Waals surface area (Å²) in [5, 5.41) is 13.4. The molecule has 0 radical (unpaired) electrons. The van der Waals surface area contributed by atoms with E-state index in [2.05, 4.69) is 5.10 Å². The van der Waals surface area contributed by atoms with Crippen molar-refractivity contribution in [2.75, 3.05) is 0 Å². The number of pyridine rings is 1. The number of aromatic carboxylic acids is 1. The Bertz CT molecular complexity index is 810. The highest BCUT2D eigenvalue weighted by Crippen LogP contribution is 2.26. The number of aromatic nitrogens is 2. The van der Waals surface area contributed by atoms with Crippen LogP contribution in [0.5, 0.6) is 0 Å². The van der Waals surface area contributed by atoms with Crippen molar-refractivity contribution in [2.45, 2.75) is 0 Å². The molecule has 0 atom stereocenters. The van der Waals surface area contributed by atoms with Crippen molar-refractivity contribution in [3.05, 3.63) is 59.8 Å². The topological polar surface area (TPSA) is 54.6 Å². The SMILES string of the molecule is O=C(O)c1c(-c2ccc(F)cc2)nn2cc(F)ccc12. The predicted octanol–water partition coefficient (Wildman–Crippen LogP) is 2.98. The predicted molar refractivity (Wildman–Crippen MR) is 67.5 cm³/mol. The highest BCUT2D eigenvalue weighted by atomic mass is 19.1. The molecule has 3 aromatic rings. The van der Waals surface area contributed by atoms with Crippen molar-refractivity contribution in [3.8, 4) is 11.3 Å². The molecule has 2 aromatic heterocycles. The highest BCUT2D eigenvalue weighted by molar-refractivity contribution is 6.02. The maximum Gasteiger partial charge on any atom is 0.340 e. The van der Waals surface area contributed by atoms with Crippen LogP contribution >= 0.6 is 0 Å². The molecule has 0 bridgehead atoms. The van der Waals surface area contributed by atoms with Crippen LogP contribution in [0.2, 0.25) is 0 Å². The summed E-state index contributed by atoms with van der Waals surface area (Å²) in [5.74, 6) is -2.13. The summed E-state index contributed by atoms with van der Waals surface area (Å²) in [6, 6.07) is 7.80. The number of carboxylic acids is 1. The van der Waals surface area contributed by atoms with Gasteiger partial charge in [-0.3, -0.25) is 0 Å². The van der Waals surface area contributed by atoms with Crippen molar-refractivity contribution in [2.24, 2.45) is 0 Å². The number of carbonyl (C=O) groups is 1. The van der Waals surface area contributed by atoms with Crippen LogP contribution in [0.4, 0.5) is 8.78 Å². The van der Waals surface area contributed by atoms with Gasteiger partial charge in [-0.05, 0) is 36.4 Å². The van der Waals surface area contributed by atoms with Gasteiger partial charge in [0, 0.05) is 5.56 Å². The quantitative estimate of drug-likeness (QED) is 0.781. The van der Waals surface area contributed by atoms with Crippen LogP contribution in [0.15, 0.2) is 42.6 Å². The van der Waals surface area contributed by atoms with Crippen molar-refractivity contribution in [3.63, 3.8) is 0 Å². The second kappa shape index (κ2) is 4.41. The number of rotatable bonds is 2. The largest absolute Gasteiger partial charge is 0.478 e. The average Bonchev–Trinajstić information content (AvgIpc) is 2.77. The van der Waals surface area contributed by atoms with Gasteiger partial charge in [0.1, 0.15) is 22.9 Å². The molecule has 6 heteroatoms. The minimum Gasteiger partial charge on any atom is -0.478 e. The monoisotopic (exact) mass is 274 g/mol. The first-order valence-corrected chi connectivity index (χ1v) is 5.73. The Hall–Kier alpha value is -2.76. The molecular weight excluding hydrogens is 266 g/mol. The lowest BCUT2D eigenvalue weighted by Gasteiger charge is -1.98. The molecule has 2 heterocycles. The molecule has 0 amide bonds. The van der Waals surface area contributed by atoms with Crippen LogP contribution < -0.4 is 0 Å². The van der Waals surface area contributed by atoms with E-state index < -0.39 is 17.6 Å². The number of benzene rings is 1. The zero-order valence-electron chi connectivity index (χ0n) is 10.0. The average molecular weight is 274 g/mol. The van der Waals surface area contributed by atoms with Crippen LogP contribution in [-0.4, -0.2) is 20.7 Å². The standard InChI is InChI=1S/C14H8F2N2O2/c15-9-3-1-8(2-4-9)13-12(14(19)20)11-6-5-10(16)7-18(11)17-13/h1-7H,(H,19,20). The number of halogens is 2. The van der Waals surface area contributed by atoms with E-state index >= 15 is 0 Å². The van der Waals surface area contributed by atoms with Crippen LogP contribution in [0.25, 0.3) is 16.8 Å². The van der Waals surface area contributed by atoms with Crippen LogP contribution in [-0.2, 0) is 0 Å². The van der Waals surface area contributed by atoms with Crippen LogP contribution in [0.3, 0.4) is 0 Å². The molecule has 3 rings (SSSR count). The summed E-state index contributed by atoms with van der Waals surface area (Å²) in [4.78, 5) is 11.4. The van der Waals surface area contributed by atoms with E-state index in [1.165, 1.54) is 30.3 Å². The minimum atomic E-state index is -1.18. The van der Waals surface area contributed by atoms with Gasteiger partial charge < -0.3 is 5.11 Å². The lowest BCUT2D eigenvalue weighted by atomic mass is 10.1. The Labute approximate surface area is 111 Å². The van der Waals surface area contributed by atoms with Gasteiger partial charge in [-0.2, -0.15) is 5.10 Å². The fraction of sp³-hybridized carbons (Fsp3) is 0. The molecule has 0 saturated heterocycles. The molecule has 20 heavy (non-hydrogen) atoms. The highest BCUT2D eigenvalue weighted by Gasteiger charge is 2.20. The normalized spacial score (nSPS) is 10.9. The molecule has 1 N–H and O–H groups in total. The summed E-state index contributed by atoms with van der Waals surface area (Å²) >= 11 is 0. The zero-order chi connectivity index (χ0) is 14.3. The van der Waals surface area contributed by atoms with E-state index in [1.807, 2.05) is 0 Å². The Morgan fingerprint density at radius 1 is 1.05 bits per heavy atom. The molecule has 0 aliphatic heterocycles. The maximum absolute atomic E-state index is 13.2. The third-order valence-electron chi connectivity index (χ3n) is 2.93. The first-order valence-electron chi connectivity index (χ1n) is 5.73. The van der Waals surface area contributed by atoms with Gasteiger partial charge in [-0.1, -0.05) is 0 Å². The van der Waals surface area contributed by atoms with E-state index in [0.29, 0.717) is 5.56 Å². The van der Waals surface area contributed by atoms with E-state index in [9.17, 15) is 18.7 Å². The molecule has 0 spiro atoms. The van der Waals surface area contributed by atoms with Crippen molar-refractivity contribution >= 4 is 11.5 Å². The molecule has 4 nitrogen and oxygen atoms in total. The van der Waals surface area contributed by atoms with E-state index in [0.717, 1.165) is 16.8 Å². The third-order valence-corrected chi connectivity index (χ3v) is 2.93. The summed E-state index contributed by atoms with van der Waals surface area (Å²) < 4.78 is 27.3. The van der Waals surface area contributed by atoms with E-state index in [4.69, 9.17) is 0 Å². The number of carboxylic acid groups (broad SMARTS) is 1. The zero-order valence-corrected chi connectivity index (χ0v) is 10.0. The summed E-state index contributed by atoms with van der Waals surface area (Å²) in [6.07, 6.45) is 1.09.